The lowest BCUT2D eigenvalue weighted by atomic mass is 9.89. The molecule has 0 spiro atoms. The Morgan fingerprint density at radius 1 is 0.868 bits per heavy atom. The Bertz CT molecular complexity index is 1100. The minimum absolute atomic E-state index is 0.00606. The molecule has 2 aromatic rings. The molecule has 8 heteroatoms. The molecule has 38 heavy (non-hydrogen) atoms. The van der Waals surface area contributed by atoms with Crippen LogP contribution in [0.4, 0.5) is 0 Å². The third kappa shape index (κ3) is 6.49. The average Bonchev–Trinajstić information content (AvgIpc) is 2.97. The predicted molar refractivity (Wildman–Crippen MR) is 149 cm³/mol. The number of aromatic nitrogens is 1. The second-order valence-electron chi connectivity index (χ2n) is 10.9. The van der Waals surface area contributed by atoms with Crippen molar-refractivity contribution >= 4 is 23.4 Å². The van der Waals surface area contributed by atoms with Crippen LogP contribution in [-0.4, -0.2) is 83.4 Å². The standard InChI is InChI=1S/C30H39ClN4O3/c1-22-5-10-27(30(37)35-19-13-25(14-20-35)33-15-3-2-4-16-33)29(32-22)23-11-17-34(18-12-23)28(36)21-38-26-8-6-24(31)7-9-26/h5-10,23,25H,2-4,11-21H2,1H3. The van der Waals surface area contributed by atoms with Crippen molar-refractivity contribution in [2.24, 2.45) is 0 Å². The van der Waals surface area contributed by atoms with Gasteiger partial charge in [0.1, 0.15) is 5.75 Å². The summed E-state index contributed by atoms with van der Waals surface area (Å²) in [6, 6.07) is 11.5. The van der Waals surface area contributed by atoms with Gasteiger partial charge in [-0.3, -0.25) is 14.6 Å². The molecule has 0 saturated carbocycles. The van der Waals surface area contributed by atoms with Crippen molar-refractivity contribution in [3.63, 3.8) is 0 Å². The Hall–Kier alpha value is -2.64. The number of pyridine rings is 1. The minimum Gasteiger partial charge on any atom is -0.484 e. The maximum Gasteiger partial charge on any atom is 0.260 e. The van der Waals surface area contributed by atoms with Crippen molar-refractivity contribution < 1.29 is 14.3 Å². The highest BCUT2D eigenvalue weighted by Crippen LogP contribution is 2.31. The Morgan fingerprint density at radius 3 is 2.21 bits per heavy atom. The van der Waals surface area contributed by atoms with E-state index in [9.17, 15) is 9.59 Å². The van der Waals surface area contributed by atoms with Crippen LogP contribution in [0.25, 0.3) is 0 Å². The van der Waals surface area contributed by atoms with Crippen molar-refractivity contribution in [1.82, 2.24) is 19.7 Å². The van der Waals surface area contributed by atoms with Gasteiger partial charge in [-0.05, 0) is 94.9 Å². The fourth-order valence-corrected chi connectivity index (χ4v) is 6.25. The lowest BCUT2D eigenvalue weighted by Gasteiger charge is -2.40. The van der Waals surface area contributed by atoms with E-state index >= 15 is 0 Å². The molecular weight excluding hydrogens is 500 g/mol. The first-order chi connectivity index (χ1) is 18.5. The molecule has 1 aromatic heterocycles. The van der Waals surface area contributed by atoms with E-state index in [2.05, 4.69) is 4.90 Å². The molecule has 3 aliphatic heterocycles. The first-order valence-electron chi connectivity index (χ1n) is 14.1. The number of carbonyl (C=O) groups is 2. The zero-order chi connectivity index (χ0) is 26.5. The van der Waals surface area contributed by atoms with Crippen LogP contribution in [0, 0.1) is 6.92 Å². The molecule has 0 aliphatic carbocycles. The Balaban J connectivity index is 1.16. The van der Waals surface area contributed by atoms with Gasteiger partial charge < -0.3 is 19.4 Å². The topological polar surface area (TPSA) is 66.0 Å². The Labute approximate surface area is 231 Å². The summed E-state index contributed by atoms with van der Waals surface area (Å²) in [4.78, 5) is 37.8. The van der Waals surface area contributed by atoms with Crippen molar-refractivity contribution in [2.75, 3.05) is 45.9 Å². The van der Waals surface area contributed by atoms with Gasteiger partial charge in [-0.1, -0.05) is 18.0 Å². The second kappa shape index (κ2) is 12.5. The number of benzene rings is 1. The molecule has 1 aromatic carbocycles. The van der Waals surface area contributed by atoms with E-state index in [1.54, 1.807) is 24.3 Å². The van der Waals surface area contributed by atoms with Gasteiger partial charge in [-0.25, -0.2) is 0 Å². The molecule has 0 atom stereocenters. The summed E-state index contributed by atoms with van der Waals surface area (Å²) in [5.41, 5.74) is 2.57. The van der Waals surface area contributed by atoms with Crippen LogP contribution in [0.15, 0.2) is 36.4 Å². The van der Waals surface area contributed by atoms with Crippen LogP contribution >= 0.6 is 11.6 Å². The van der Waals surface area contributed by atoms with Crippen LogP contribution < -0.4 is 4.74 Å². The molecule has 4 heterocycles. The summed E-state index contributed by atoms with van der Waals surface area (Å²) in [6.45, 7) is 7.30. The molecule has 204 valence electrons. The first-order valence-corrected chi connectivity index (χ1v) is 14.5. The average molecular weight is 539 g/mol. The summed E-state index contributed by atoms with van der Waals surface area (Å²) in [5, 5.41) is 0.635. The summed E-state index contributed by atoms with van der Waals surface area (Å²) < 4.78 is 5.65. The maximum absolute atomic E-state index is 13.7. The van der Waals surface area contributed by atoms with Gasteiger partial charge in [-0.15, -0.1) is 0 Å². The van der Waals surface area contributed by atoms with Gasteiger partial charge in [0.2, 0.25) is 0 Å². The number of ether oxygens (including phenoxy) is 1. The molecule has 7 nitrogen and oxygen atoms in total. The molecule has 3 fully saturated rings. The Morgan fingerprint density at radius 2 is 1.53 bits per heavy atom. The van der Waals surface area contributed by atoms with Gasteiger partial charge in [-0.2, -0.15) is 0 Å². The number of piperidine rings is 3. The number of likely N-dealkylation sites (tertiary alicyclic amines) is 3. The smallest absolute Gasteiger partial charge is 0.260 e. The fraction of sp³-hybridized carbons (Fsp3) is 0.567. The van der Waals surface area contributed by atoms with Crippen molar-refractivity contribution in [1.29, 1.82) is 0 Å². The zero-order valence-electron chi connectivity index (χ0n) is 22.4. The summed E-state index contributed by atoms with van der Waals surface area (Å²) >= 11 is 5.92. The zero-order valence-corrected chi connectivity index (χ0v) is 23.2. The SMILES string of the molecule is Cc1ccc(C(=O)N2CCC(N3CCCCC3)CC2)c(C2CCN(C(=O)COc3ccc(Cl)cc3)CC2)n1. The predicted octanol–water partition coefficient (Wildman–Crippen LogP) is 4.92. The number of halogens is 1. The highest BCUT2D eigenvalue weighted by Gasteiger charge is 2.32. The number of carbonyl (C=O) groups excluding carboxylic acids is 2. The summed E-state index contributed by atoms with van der Waals surface area (Å²) in [7, 11) is 0. The summed E-state index contributed by atoms with van der Waals surface area (Å²) in [6.07, 6.45) is 7.65. The van der Waals surface area contributed by atoms with Gasteiger partial charge >= 0.3 is 0 Å². The Kier molecular flexibility index (Phi) is 8.85. The van der Waals surface area contributed by atoms with E-state index in [4.69, 9.17) is 21.3 Å². The van der Waals surface area contributed by atoms with Crippen molar-refractivity contribution in [3.8, 4) is 5.75 Å². The van der Waals surface area contributed by atoms with E-state index in [0.29, 0.717) is 29.9 Å². The third-order valence-corrected chi connectivity index (χ3v) is 8.62. The van der Waals surface area contributed by atoms with Gasteiger partial charge in [0.05, 0.1) is 11.3 Å². The van der Waals surface area contributed by atoms with Gasteiger partial charge in [0.25, 0.3) is 11.8 Å². The fourth-order valence-electron chi connectivity index (χ4n) is 6.13. The van der Waals surface area contributed by atoms with E-state index in [-0.39, 0.29) is 24.3 Å². The number of hydrogen-bond donors (Lipinski definition) is 0. The normalized spacial score (nSPS) is 19.9. The lowest BCUT2D eigenvalue weighted by Crippen LogP contribution is -2.48. The molecule has 0 bridgehead atoms. The third-order valence-electron chi connectivity index (χ3n) is 8.36. The quantitative estimate of drug-likeness (QED) is 0.522. The van der Waals surface area contributed by atoms with Crippen molar-refractivity contribution in [3.05, 3.63) is 58.4 Å². The maximum atomic E-state index is 13.7. The van der Waals surface area contributed by atoms with E-state index in [1.807, 2.05) is 28.9 Å². The van der Waals surface area contributed by atoms with E-state index < -0.39 is 0 Å². The van der Waals surface area contributed by atoms with Crippen LogP contribution in [0.1, 0.15) is 72.6 Å². The second-order valence-corrected chi connectivity index (χ2v) is 11.3. The molecule has 0 radical (unpaired) electrons. The summed E-state index contributed by atoms with van der Waals surface area (Å²) in [5.74, 6) is 0.883. The molecule has 3 aliphatic rings. The number of hydrogen-bond acceptors (Lipinski definition) is 5. The first kappa shape index (κ1) is 26.9. The van der Waals surface area contributed by atoms with Gasteiger partial charge in [0, 0.05) is 48.9 Å². The van der Waals surface area contributed by atoms with Crippen molar-refractivity contribution in [2.45, 2.75) is 63.8 Å². The van der Waals surface area contributed by atoms with E-state index in [0.717, 1.165) is 55.7 Å². The van der Waals surface area contributed by atoms with Crippen LogP contribution in [0.3, 0.4) is 0 Å². The highest BCUT2D eigenvalue weighted by atomic mass is 35.5. The van der Waals surface area contributed by atoms with E-state index in [1.165, 1.54) is 32.4 Å². The molecule has 3 saturated heterocycles. The molecule has 0 N–H and O–H groups in total. The van der Waals surface area contributed by atoms with Gasteiger partial charge in [0.15, 0.2) is 6.61 Å². The van der Waals surface area contributed by atoms with Crippen LogP contribution in [-0.2, 0) is 4.79 Å². The molecular formula is C30H39ClN4O3. The number of nitrogens with zero attached hydrogens (tertiary/aromatic N) is 4. The van der Waals surface area contributed by atoms with Crippen LogP contribution in [0.2, 0.25) is 5.02 Å². The van der Waals surface area contributed by atoms with Crippen LogP contribution in [0.5, 0.6) is 5.75 Å². The molecule has 0 unspecified atom stereocenters. The minimum atomic E-state index is -0.0246. The highest BCUT2D eigenvalue weighted by molar-refractivity contribution is 6.30. The number of rotatable bonds is 6. The molecule has 2 amide bonds. The molecule has 5 rings (SSSR count). The monoisotopic (exact) mass is 538 g/mol. The number of amides is 2. The lowest BCUT2D eigenvalue weighted by molar-refractivity contribution is -0.134. The number of aryl methyl sites for hydroxylation is 1. The largest absolute Gasteiger partial charge is 0.484 e.